The van der Waals surface area contributed by atoms with Crippen molar-refractivity contribution < 1.29 is 0 Å². The van der Waals surface area contributed by atoms with Crippen molar-refractivity contribution in [1.29, 1.82) is 0 Å². The van der Waals surface area contributed by atoms with E-state index in [1.807, 2.05) is 0 Å². The van der Waals surface area contributed by atoms with Crippen LogP contribution in [0.25, 0.3) is 0 Å². The summed E-state index contributed by atoms with van der Waals surface area (Å²) in [6, 6.07) is 0. The van der Waals surface area contributed by atoms with Crippen molar-refractivity contribution in [3.63, 3.8) is 0 Å². The van der Waals surface area contributed by atoms with Crippen molar-refractivity contribution in [2.45, 2.75) is 20.3 Å². The molecule has 0 heterocycles. The molecule has 1 radical (unpaired) electrons. The first-order valence-corrected chi connectivity index (χ1v) is 2.83. The van der Waals surface area contributed by atoms with E-state index >= 15 is 0 Å². The minimum atomic E-state index is 1.21. The monoisotopic (exact) mass is 183 g/mol. The van der Waals surface area contributed by atoms with Gasteiger partial charge in [0, 0.05) is 3.92 Å². The van der Waals surface area contributed by atoms with Crippen LogP contribution in [0.2, 0.25) is 0 Å². The van der Waals surface area contributed by atoms with E-state index in [0.29, 0.717) is 0 Å². The van der Waals surface area contributed by atoms with E-state index in [2.05, 4.69) is 36.4 Å². The zero-order valence-corrected chi connectivity index (χ0v) is 5.74. The highest BCUT2D eigenvalue weighted by molar-refractivity contribution is 14.1. The van der Waals surface area contributed by atoms with Gasteiger partial charge >= 0.3 is 0 Å². The van der Waals surface area contributed by atoms with E-state index in [1.54, 1.807) is 0 Å². The molecule has 0 atom stereocenters. The molecule has 0 fully saturated rings. The molecule has 0 unspecified atom stereocenters. The minimum Gasteiger partial charge on any atom is -0.0777 e. The Hall–Kier alpha value is 0.730. The van der Waals surface area contributed by atoms with E-state index in [0.717, 1.165) is 0 Å². The van der Waals surface area contributed by atoms with E-state index < -0.39 is 0 Å². The van der Waals surface area contributed by atoms with E-state index in [9.17, 15) is 0 Å². The second-order valence-electron chi connectivity index (χ2n) is 1.03. The second-order valence-corrected chi connectivity index (χ2v) is 2.87. The van der Waals surface area contributed by atoms with Crippen LogP contribution < -0.4 is 0 Å². The largest absolute Gasteiger partial charge is 0.0777 e. The first-order valence-electron chi connectivity index (χ1n) is 1.75. The van der Waals surface area contributed by atoms with Crippen LogP contribution in [0.1, 0.15) is 20.3 Å². The summed E-state index contributed by atoms with van der Waals surface area (Å²) in [6.07, 6.45) is 1.21. The second kappa shape index (κ2) is 2.94. The van der Waals surface area contributed by atoms with Gasteiger partial charge in [-0.3, -0.25) is 0 Å². The van der Waals surface area contributed by atoms with Crippen molar-refractivity contribution in [3.8, 4) is 0 Å². The molecule has 0 saturated heterocycles. The number of hydrogen-bond donors (Lipinski definition) is 0. The van der Waals surface area contributed by atoms with Gasteiger partial charge in [-0.1, -0.05) is 29.5 Å². The molecular formula is C4H8I. The van der Waals surface area contributed by atoms with E-state index in [1.165, 1.54) is 10.3 Å². The summed E-state index contributed by atoms with van der Waals surface area (Å²) < 4.78 is 1.47. The van der Waals surface area contributed by atoms with Crippen molar-refractivity contribution in [2.24, 2.45) is 0 Å². The Bertz CT molecular complexity index is 17.6. The van der Waals surface area contributed by atoms with Gasteiger partial charge < -0.3 is 0 Å². The van der Waals surface area contributed by atoms with Crippen LogP contribution in [0.4, 0.5) is 0 Å². The summed E-state index contributed by atoms with van der Waals surface area (Å²) in [5, 5.41) is 0. The fraction of sp³-hybridized carbons (Fsp3) is 0.750. The smallest absolute Gasteiger partial charge is 0.0334 e. The molecule has 0 aromatic rings. The Morgan fingerprint density at radius 1 is 1.80 bits per heavy atom. The van der Waals surface area contributed by atoms with E-state index in [4.69, 9.17) is 0 Å². The minimum absolute atomic E-state index is 1.21. The summed E-state index contributed by atoms with van der Waals surface area (Å²) >= 11 is 2.32. The molecule has 0 N–H and O–H groups in total. The third kappa shape index (κ3) is 4.73. The maximum Gasteiger partial charge on any atom is 0.0334 e. The normalized spacial score (nSPS) is 9.60. The van der Waals surface area contributed by atoms with Gasteiger partial charge in [0.15, 0.2) is 0 Å². The predicted molar refractivity (Wildman–Crippen MR) is 33.2 cm³/mol. The first-order chi connectivity index (χ1) is 2.27. The highest BCUT2D eigenvalue weighted by Crippen LogP contribution is 2.10. The fourth-order valence-electron chi connectivity index (χ4n) is 0. The molecular weight excluding hydrogens is 175 g/mol. The number of hydrogen-bond acceptors (Lipinski definition) is 0. The zero-order chi connectivity index (χ0) is 4.28. The molecule has 0 rings (SSSR count). The molecule has 0 aliphatic rings. The lowest BCUT2D eigenvalue weighted by Gasteiger charge is -1.86. The fourth-order valence-corrected chi connectivity index (χ4v) is 0. The van der Waals surface area contributed by atoms with Gasteiger partial charge in [-0.25, -0.2) is 0 Å². The van der Waals surface area contributed by atoms with Crippen molar-refractivity contribution in [2.75, 3.05) is 0 Å². The molecule has 0 spiro atoms. The van der Waals surface area contributed by atoms with Crippen LogP contribution >= 0.6 is 22.6 Å². The van der Waals surface area contributed by atoms with Crippen LogP contribution in [-0.2, 0) is 0 Å². The van der Waals surface area contributed by atoms with Crippen LogP contribution in [0.5, 0.6) is 0 Å². The van der Waals surface area contributed by atoms with Gasteiger partial charge in [0.2, 0.25) is 0 Å². The molecule has 0 aromatic heterocycles. The molecule has 0 aliphatic carbocycles. The molecule has 0 saturated carbocycles. The topological polar surface area (TPSA) is 0 Å². The average Bonchev–Trinajstić information content (AvgIpc) is 1.38. The molecule has 0 bridgehead atoms. The highest BCUT2D eigenvalue weighted by Gasteiger charge is 1.83. The molecule has 0 aliphatic heterocycles. The van der Waals surface area contributed by atoms with Crippen LogP contribution in [0, 0.1) is 3.92 Å². The van der Waals surface area contributed by atoms with Gasteiger partial charge in [-0.2, -0.15) is 0 Å². The Kier molecular flexibility index (Phi) is 3.37. The quantitative estimate of drug-likeness (QED) is 0.547. The van der Waals surface area contributed by atoms with Gasteiger partial charge in [-0.05, 0) is 13.3 Å². The van der Waals surface area contributed by atoms with Crippen molar-refractivity contribution >= 4 is 22.6 Å². The predicted octanol–water partition coefficient (Wildman–Crippen LogP) is 2.38. The van der Waals surface area contributed by atoms with Crippen LogP contribution in [0.3, 0.4) is 0 Å². The Balaban J connectivity index is 2.54. The Morgan fingerprint density at radius 3 is 2.00 bits per heavy atom. The lowest BCUT2D eigenvalue weighted by Crippen LogP contribution is -1.66. The molecule has 0 nitrogen and oxygen atoms in total. The first kappa shape index (κ1) is 5.73. The van der Waals surface area contributed by atoms with Gasteiger partial charge in [0.05, 0.1) is 0 Å². The average molecular weight is 183 g/mol. The highest BCUT2D eigenvalue weighted by atomic mass is 127. The van der Waals surface area contributed by atoms with Crippen molar-refractivity contribution in [1.82, 2.24) is 0 Å². The van der Waals surface area contributed by atoms with Gasteiger partial charge in [0.1, 0.15) is 0 Å². The standard InChI is InChI=1S/C4H8I/c1-3-4(2)5/h3H2,1-2H3. The summed E-state index contributed by atoms with van der Waals surface area (Å²) in [7, 11) is 0. The van der Waals surface area contributed by atoms with Crippen molar-refractivity contribution in [3.05, 3.63) is 3.92 Å². The molecule has 5 heavy (non-hydrogen) atoms. The maximum absolute atomic E-state index is 2.32. The molecule has 31 valence electrons. The molecule has 0 amide bonds. The molecule has 0 aromatic carbocycles. The van der Waals surface area contributed by atoms with Crippen LogP contribution in [0.15, 0.2) is 0 Å². The van der Waals surface area contributed by atoms with Crippen LogP contribution in [-0.4, -0.2) is 0 Å². The van der Waals surface area contributed by atoms with Gasteiger partial charge in [-0.15, -0.1) is 0 Å². The lowest BCUT2D eigenvalue weighted by molar-refractivity contribution is 1.08. The third-order valence-corrected chi connectivity index (χ3v) is 1.25. The molecule has 1 heteroatoms. The third-order valence-electron chi connectivity index (χ3n) is 0.487. The van der Waals surface area contributed by atoms with Gasteiger partial charge in [0.25, 0.3) is 0 Å². The Morgan fingerprint density at radius 2 is 2.00 bits per heavy atom. The zero-order valence-electron chi connectivity index (χ0n) is 3.59. The SMILES string of the molecule is CC[C](C)I. The summed E-state index contributed by atoms with van der Waals surface area (Å²) in [5.41, 5.74) is 0. The van der Waals surface area contributed by atoms with E-state index in [-0.39, 0.29) is 0 Å². The summed E-state index contributed by atoms with van der Waals surface area (Å²) in [4.78, 5) is 0. The Labute approximate surface area is 47.1 Å². The maximum atomic E-state index is 2.32. The summed E-state index contributed by atoms with van der Waals surface area (Å²) in [6.45, 7) is 4.28. The lowest BCUT2D eigenvalue weighted by atomic mass is 10.4. The number of halogens is 1. The number of rotatable bonds is 1. The summed E-state index contributed by atoms with van der Waals surface area (Å²) in [5.74, 6) is 0.